The molecule has 0 saturated heterocycles. The number of hydrogen-bond acceptors (Lipinski definition) is 7. The first-order valence-electron chi connectivity index (χ1n) is 10.1. The van der Waals surface area contributed by atoms with Crippen LogP contribution in [0.1, 0.15) is 21.5 Å². The average molecular weight is 446 g/mol. The summed E-state index contributed by atoms with van der Waals surface area (Å²) in [5.74, 6) is 0.932. The summed E-state index contributed by atoms with van der Waals surface area (Å²) >= 11 is 0. The molecule has 0 bridgehead atoms. The van der Waals surface area contributed by atoms with Gasteiger partial charge in [0.2, 0.25) is 0 Å². The number of ether oxygens (including phenoxy) is 3. The maximum absolute atomic E-state index is 12.3. The Morgan fingerprint density at radius 1 is 1.03 bits per heavy atom. The van der Waals surface area contributed by atoms with E-state index >= 15 is 0 Å². The number of benzene rings is 2. The first-order valence-corrected chi connectivity index (χ1v) is 10.1. The summed E-state index contributed by atoms with van der Waals surface area (Å²) in [6, 6.07) is 15.8. The Morgan fingerprint density at radius 3 is 2.45 bits per heavy atom. The number of nitrogens with one attached hydrogen (secondary N) is 1. The molecule has 168 valence electrons. The summed E-state index contributed by atoms with van der Waals surface area (Å²) in [6.45, 7) is 0.277. The lowest BCUT2D eigenvalue weighted by Gasteiger charge is -2.24. The number of nitrogens with zero attached hydrogens (tertiary/aromatic N) is 3. The van der Waals surface area contributed by atoms with Crippen LogP contribution in [-0.2, 0) is 11.3 Å². The lowest BCUT2D eigenvalue weighted by molar-refractivity contribution is 0.102. The number of rotatable bonds is 7. The van der Waals surface area contributed by atoms with E-state index < -0.39 is 6.09 Å². The van der Waals surface area contributed by atoms with Gasteiger partial charge in [0.15, 0.2) is 11.5 Å². The molecule has 1 aliphatic rings. The number of hydrogen-bond donors (Lipinski definition) is 1. The monoisotopic (exact) mass is 446 g/mol. The van der Waals surface area contributed by atoms with Gasteiger partial charge in [-0.15, -0.1) is 0 Å². The van der Waals surface area contributed by atoms with Crippen LogP contribution in [0.25, 0.3) is 0 Å². The maximum Gasteiger partial charge on any atom is 0.431 e. The molecular weight excluding hydrogens is 424 g/mol. The molecule has 33 heavy (non-hydrogen) atoms. The highest BCUT2D eigenvalue weighted by Crippen LogP contribution is 2.28. The highest BCUT2D eigenvalue weighted by molar-refractivity contribution is 6.04. The van der Waals surface area contributed by atoms with E-state index in [1.807, 2.05) is 18.2 Å². The lowest BCUT2D eigenvalue weighted by Crippen LogP contribution is -2.35. The fourth-order valence-electron chi connectivity index (χ4n) is 3.25. The first kappa shape index (κ1) is 21.8. The molecule has 3 aromatic rings. The zero-order chi connectivity index (χ0) is 23.2. The van der Waals surface area contributed by atoms with Crippen molar-refractivity contribution in [2.45, 2.75) is 6.54 Å². The highest BCUT2D eigenvalue weighted by Gasteiger charge is 2.23. The summed E-state index contributed by atoms with van der Waals surface area (Å²) < 4.78 is 15.9. The van der Waals surface area contributed by atoms with Crippen molar-refractivity contribution in [3.05, 3.63) is 83.7 Å². The number of hydrazone groups is 1. The molecular formula is C24H22N4O5. The molecule has 2 heterocycles. The van der Waals surface area contributed by atoms with E-state index in [1.54, 1.807) is 63.0 Å². The summed E-state index contributed by atoms with van der Waals surface area (Å²) in [7, 11) is 3.12. The third-order valence-electron chi connectivity index (χ3n) is 4.99. The number of amides is 2. The van der Waals surface area contributed by atoms with Crippen LogP contribution in [0.5, 0.6) is 11.5 Å². The number of carbonyl (C=O) groups is 2. The standard InChI is InChI=1S/C24H22N4O5/c1-31-21-8-5-18(13-22(21)32-2)20-15-33-24(30)28(27-20)14-16-3-6-19(7-4-16)26-23(29)17-9-11-25-12-10-17/h3-13H,14-15H2,1-2H3,(H,26,29). The van der Waals surface area contributed by atoms with Gasteiger partial charge in [-0.3, -0.25) is 9.78 Å². The third kappa shape index (κ3) is 5.09. The van der Waals surface area contributed by atoms with Crippen molar-refractivity contribution in [1.29, 1.82) is 0 Å². The fraction of sp³-hybridized carbons (Fsp3) is 0.167. The Balaban J connectivity index is 1.46. The summed E-state index contributed by atoms with van der Waals surface area (Å²) in [5, 5.41) is 8.56. The van der Waals surface area contributed by atoms with Crippen molar-refractivity contribution in [3.63, 3.8) is 0 Å². The van der Waals surface area contributed by atoms with Crippen LogP contribution >= 0.6 is 0 Å². The van der Waals surface area contributed by atoms with Crippen molar-refractivity contribution < 1.29 is 23.8 Å². The molecule has 0 radical (unpaired) electrons. The number of aromatic nitrogens is 1. The van der Waals surface area contributed by atoms with Crippen LogP contribution in [0.3, 0.4) is 0 Å². The topological polar surface area (TPSA) is 102 Å². The van der Waals surface area contributed by atoms with Gasteiger partial charge >= 0.3 is 6.09 Å². The van der Waals surface area contributed by atoms with Crippen LogP contribution < -0.4 is 14.8 Å². The fourth-order valence-corrected chi connectivity index (χ4v) is 3.25. The maximum atomic E-state index is 12.3. The minimum Gasteiger partial charge on any atom is -0.493 e. The lowest BCUT2D eigenvalue weighted by atomic mass is 10.1. The number of anilines is 1. The normalized spacial score (nSPS) is 13.1. The summed E-state index contributed by atoms with van der Waals surface area (Å²) in [4.78, 5) is 28.4. The largest absolute Gasteiger partial charge is 0.493 e. The highest BCUT2D eigenvalue weighted by atomic mass is 16.6. The van der Waals surface area contributed by atoms with E-state index in [0.29, 0.717) is 28.5 Å². The predicted octanol–water partition coefficient (Wildman–Crippen LogP) is 3.71. The second-order valence-corrected chi connectivity index (χ2v) is 7.12. The Bertz CT molecular complexity index is 1180. The zero-order valence-electron chi connectivity index (χ0n) is 18.1. The third-order valence-corrected chi connectivity index (χ3v) is 4.99. The van der Waals surface area contributed by atoms with Crippen LogP contribution in [-0.4, -0.2) is 48.5 Å². The first-order chi connectivity index (χ1) is 16.1. The molecule has 4 rings (SSSR count). The summed E-state index contributed by atoms with van der Waals surface area (Å²) in [5.41, 5.74) is 3.33. The Kier molecular flexibility index (Phi) is 6.49. The average Bonchev–Trinajstić information content (AvgIpc) is 2.86. The molecule has 2 amide bonds. The van der Waals surface area contributed by atoms with Crippen LogP contribution in [0.4, 0.5) is 10.5 Å². The number of carbonyl (C=O) groups excluding carboxylic acids is 2. The van der Waals surface area contributed by atoms with Gasteiger partial charge in [0.1, 0.15) is 12.3 Å². The minimum absolute atomic E-state index is 0.0603. The van der Waals surface area contributed by atoms with Crippen molar-refractivity contribution in [1.82, 2.24) is 9.99 Å². The molecule has 9 nitrogen and oxygen atoms in total. The molecule has 1 aromatic heterocycles. The second kappa shape index (κ2) is 9.82. The molecule has 1 aliphatic heterocycles. The van der Waals surface area contributed by atoms with E-state index in [4.69, 9.17) is 14.2 Å². The van der Waals surface area contributed by atoms with Crippen molar-refractivity contribution in [2.24, 2.45) is 5.10 Å². The van der Waals surface area contributed by atoms with Gasteiger partial charge in [-0.05, 0) is 48.0 Å². The number of methoxy groups -OCH3 is 2. The number of cyclic esters (lactones) is 1. The Hall–Kier alpha value is -4.40. The van der Waals surface area contributed by atoms with E-state index in [1.165, 1.54) is 5.01 Å². The van der Waals surface area contributed by atoms with Crippen LogP contribution in [0, 0.1) is 0 Å². The van der Waals surface area contributed by atoms with E-state index in [-0.39, 0.29) is 19.1 Å². The van der Waals surface area contributed by atoms with E-state index in [2.05, 4.69) is 15.4 Å². The molecule has 0 atom stereocenters. The Labute approximate surface area is 190 Å². The minimum atomic E-state index is -0.533. The van der Waals surface area contributed by atoms with Gasteiger partial charge in [-0.25, -0.2) is 4.79 Å². The van der Waals surface area contributed by atoms with Gasteiger partial charge in [0.25, 0.3) is 5.91 Å². The number of pyridine rings is 1. The second-order valence-electron chi connectivity index (χ2n) is 7.12. The van der Waals surface area contributed by atoms with Crippen molar-refractivity contribution in [2.75, 3.05) is 26.1 Å². The van der Waals surface area contributed by atoms with Crippen LogP contribution in [0.2, 0.25) is 0 Å². The Morgan fingerprint density at radius 2 is 1.76 bits per heavy atom. The molecule has 9 heteroatoms. The molecule has 2 aromatic carbocycles. The van der Waals surface area contributed by atoms with E-state index in [0.717, 1.165) is 11.1 Å². The van der Waals surface area contributed by atoms with Gasteiger partial charge < -0.3 is 19.5 Å². The van der Waals surface area contributed by atoms with Gasteiger partial charge in [-0.2, -0.15) is 10.1 Å². The quantitative estimate of drug-likeness (QED) is 0.594. The van der Waals surface area contributed by atoms with Crippen molar-refractivity contribution >= 4 is 23.4 Å². The zero-order valence-corrected chi connectivity index (χ0v) is 18.1. The molecule has 0 saturated carbocycles. The van der Waals surface area contributed by atoms with Gasteiger partial charge in [0.05, 0.1) is 20.8 Å². The van der Waals surface area contributed by atoms with Gasteiger partial charge in [-0.1, -0.05) is 12.1 Å². The predicted molar refractivity (Wildman–Crippen MR) is 122 cm³/mol. The SMILES string of the molecule is COc1ccc(C2=NN(Cc3ccc(NC(=O)c4ccncc4)cc3)C(=O)OC2)cc1OC. The van der Waals surface area contributed by atoms with E-state index in [9.17, 15) is 9.59 Å². The van der Waals surface area contributed by atoms with Crippen LogP contribution in [0.15, 0.2) is 72.1 Å². The van der Waals surface area contributed by atoms with Crippen molar-refractivity contribution in [3.8, 4) is 11.5 Å². The summed E-state index contributed by atoms with van der Waals surface area (Å²) in [6.07, 6.45) is 2.59. The smallest absolute Gasteiger partial charge is 0.431 e. The molecule has 0 aliphatic carbocycles. The van der Waals surface area contributed by atoms with Gasteiger partial charge in [0, 0.05) is 29.2 Å². The molecule has 0 fully saturated rings. The molecule has 0 unspecified atom stereocenters. The molecule has 1 N–H and O–H groups in total. The molecule has 0 spiro atoms.